The van der Waals surface area contributed by atoms with Crippen LogP contribution in [-0.2, 0) is 0 Å². The highest BCUT2D eigenvalue weighted by atomic mass is 16.2. The third-order valence-electron chi connectivity index (χ3n) is 2.70. The lowest BCUT2D eigenvalue weighted by Crippen LogP contribution is -2.37. The van der Waals surface area contributed by atoms with Crippen LogP contribution in [0.1, 0.15) is 43.2 Å². The number of hydrogen-bond donors (Lipinski definition) is 1. The number of carbonyl (C=O) groups is 1. The minimum atomic E-state index is -0.105. The van der Waals surface area contributed by atoms with Crippen molar-refractivity contribution in [3.63, 3.8) is 0 Å². The fraction of sp³-hybridized carbons (Fsp3) is 0.467. The molecule has 0 aliphatic carbocycles. The number of aliphatic hydroxyl groups is 1. The van der Waals surface area contributed by atoms with Crippen molar-refractivity contribution < 1.29 is 9.90 Å². The summed E-state index contributed by atoms with van der Waals surface area (Å²) < 4.78 is 0. The molecule has 0 saturated carbocycles. The van der Waals surface area contributed by atoms with Crippen molar-refractivity contribution in [2.45, 2.75) is 33.2 Å². The molecule has 0 radical (unpaired) electrons. The number of carbonyl (C=O) groups excluding carboxylic acids is 1. The van der Waals surface area contributed by atoms with E-state index in [2.05, 4.69) is 16.8 Å². The molecule has 19 heavy (non-hydrogen) atoms. The van der Waals surface area contributed by atoms with Crippen LogP contribution in [0.2, 0.25) is 0 Å². The Morgan fingerprint density at radius 1 is 1.53 bits per heavy atom. The van der Waals surface area contributed by atoms with Gasteiger partial charge in [-0.1, -0.05) is 11.8 Å². The minimum Gasteiger partial charge on any atom is -0.395 e. The monoisotopic (exact) mass is 260 g/mol. The molecule has 0 atom stereocenters. The van der Waals surface area contributed by atoms with Crippen molar-refractivity contribution in [2.24, 2.45) is 0 Å². The van der Waals surface area contributed by atoms with Gasteiger partial charge in [0.25, 0.3) is 5.91 Å². The van der Waals surface area contributed by atoms with Crippen LogP contribution in [0.5, 0.6) is 0 Å². The van der Waals surface area contributed by atoms with E-state index < -0.39 is 0 Å². The molecule has 1 heterocycles. The smallest absolute Gasteiger partial charge is 0.273 e. The molecule has 0 fully saturated rings. The van der Waals surface area contributed by atoms with E-state index in [-0.39, 0.29) is 18.6 Å². The van der Waals surface area contributed by atoms with Crippen LogP contribution in [0.25, 0.3) is 0 Å². The topological polar surface area (TPSA) is 53.4 Å². The molecule has 0 spiro atoms. The van der Waals surface area contributed by atoms with Crippen LogP contribution in [0.3, 0.4) is 0 Å². The molecule has 4 nitrogen and oxygen atoms in total. The molecule has 1 N–H and O–H groups in total. The largest absolute Gasteiger partial charge is 0.395 e. The lowest BCUT2D eigenvalue weighted by molar-refractivity contribution is 0.0710. The van der Waals surface area contributed by atoms with Gasteiger partial charge in [-0.25, -0.2) is 4.98 Å². The summed E-state index contributed by atoms with van der Waals surface area (Å²) in [5.41, 5.74) is 0.989. The molecule has 1 rings (SSSR count). The Labute approximate surface area is 114 Å². The number of pyridine rings is 1. The molecule has 0 aliphatic heterocycles. The van der Waals surface area contributed by atoms with Crippen LogP contribution in [0.4, 0.5) is 0 Å². The fourth-order valence-electron chi connectivity index (χ4n) is 1.77. The van der Waals surface area contributed by atoms with Gasteiger partial charge in [0.2, 0.25) is 0 Å². The summed E-state index contributed by atoms with van der Waals surface area (Å²) in [4.78, 5) is 18.3. The molecule has 0 aliphatic rings. The number of rotatable bonds is 4. The van der Waals surface area contributed by atoms with Gasteiger partial charge in [0, 0.05) is 25.2 Å². The Kier molecular flexibility index (Phi) is 6.04. The van der Waals surface area contributed by atoms with Crippen molar-refractivity contribution >= 4 is 5.91 Å². The molecule has 0 saturated heterocycles. The van der Waals surface area contributed by atoms with Crippen molar-refractivity contribution in [2.75, 3.05) is 13.2 Å². The van der Waals surface area contributed by atoms with Crippen LogP contribution < -0.4 is 0 Å². The SMILES string of the molecule is CCN(C(=O)c1ncccc1C#CCCO)C(C)C. The van der Waals surface area contributed by atoms with Gasteiger partial charge in [0.1, 0.15) is 5.69 Å². The van der Waals surface area contributed by atoms with E-state index >= 15 is 0 Å². The number of nitrogens with zero attached hydrogens (tertiary/aromatic N) is 2. The summed E-state index contributed by atoms with van der Waals surface area (Å²) in [5.74, 6) is 5.61. The second-order valence-electron chi connectivity index (χ2n) is 4.36. The third-order valence-corrected chi connectivity index (χ3v) is 2.70. The summed E-state index contributed by atoms with van der Waals surface area (Å²) in [6.45, 7) is 6.54. The zero-order chi connectivity index (χ0) is 14.3. The van der Waals surface area contributed by atoms with Gasteiger partial charge in [-0.3, -0.25) is 4.79 Å². The molecule has 0 unspecified atom stereocenters. The minimum absolute atomic E-state index is 0.0175. The van der Waals surface area contributed by atoms with E-state index in [1.54, 1.807) is 23.2 Å². The predicted molar refractivity (Wildman–Crippen MR) is 74.7 cm³/mol. The third kappa shape index (κ3) is 4.08. The maximum atomic E-state index is 12.4. The molecule has 1 aromatic heterocycles. The van der Waals surface area contributed by atoms with Crippen molar-refractivity contribution in [3.05, 3.63) is 29.6 Å². The standard InChI is InChI=1S/C15H20N2O2/c1-4-17(12(2)3)15(19)14-13(8-5-6-11-18)9-7-10-16-14/h7,9-10,12,18H,4,6,11H2,1-3H3. The quantitative estimate of drug-likeness (QED) is 0.838. The molecule has 1 amide bonds. The molecule has 0 aromatic carbocycles. The van der Waals surface area contributed by atoms with Crippen molar-refractivity contribution in [1.82, 2.24) is 9.88 Å². The normalized spacial score (nSPS) is 9.95. The summed E-state index contributed by atoms with van der Waals surface area (Å²) >= 11 is 0. The molecule has 4 heteroatoms. The summed E-state index contributed by atoms with van der Waals surface area (Å²) in [6, 6.07) is 3.65. The van der Waals surface area contributed by atoms with Crippen LogP contribution in [0, 0.1) is 11.8 Å². The van der Waals surface area contributed by atoms with E-state index in [9.17, 15) is 4.79 Å². The number of aliphatic hydroxyl groups excluding tert-OH is 1. The number of hydrogen-bond acceptors (Lipinski definition) is 3. The number of aromatic nitrogens is 1. The first-order valence-electron chi connectivity index (χ1n) is 6.47. The van der Waals surface area contributed by atoms with Crippen molar-refractivity contribution in [1.29, 1.82) is 0 Å². The summed E-state index contributed by atoms with van der Waals surface area (Å²) in [7, 11) is 0. The van der Waals surface area contributed by atoms with Gasteiger partial charge in [-0.2, -0.15) is 0 Å². The Bertz CT molecular complexity index is 486. The van der Waals surface area contributed by atoms with Gasteiger partial charge < -0.3 is 10.0 Å². The molecular formula is C15H20N2O2. The molecule has 102 valence electrons. The average molecular weight is 260 g/mol. The summed E-state index contributed by atoms with van der Waals surface area (Å²) in [6.07, 6.45) is 1.99. The highest BCUT2D eigenvalue weighted by Gasteiger charge is 2.20. The van der Waals surface area contributed by atoms with Gasteiger partial charge in [-0.05, 0) is 32.9 Å². The Balaban J connectivity index is 3.07. The Morgan fingerprint density at radius 3 is 2.84 bits per heavy atom. The average Bonchev–Trinajstić information content (AvgIpc) is 2.40. The van der Waals surface area contributed by atoms with E-state index in [0.29, 0.717) is 24.2 Å². The second kappa shape index (κ2) is 7.55. The Hall–Kier alpha value is -1.86. The maximum absolute atomic E-state index is 12.4. The first-order chi connectivity index (χ1) is 9.11. The highest BCUT2D eigenvalue weighted by molar-refractivity contribution is 5.94. The Morgan fingerprint density at radius 2 is 2.26 bits per heavy atom. The molecule has 0 bridgehead atoms. The fourth-order valence-corrected chi connectivity index (χ4v) is 1.77. The van der Waals surface area contributed by atoms with E-state index in [1.165, 1.54) is 0 Å². The summed E-state index contributed by atoms with van der Waals surface area (Å²) in [5, 5.41) is 8.73. The molecule has 1 aromatic rings. The van der Waals surface area contributed by atoms with Gasteiger partial charge in [-0.15, -0.1) is 0 Å². The van der Waals surface area contributed by atoms with Gasteiger partial charge in [0.15, 0.2) is 0 Å². The van der Waals surface area contributed by atoms with E-state index in [0.717, 1.165) is 0 Å². The number of amides is 1. The van der Waals surface area contributed by atoms with Crippen LogP contribution in [0.15, 0.2) is 18.3 Å². The predicted octanol–water partition coefficient (Wildman–Crippen LogP) is 1.69. The first kappa shape index (κ1) is 15.2. The molecular weight excluding hydrogens is 240 g/mol. The maximum Gasteiger partial charge on any atom is 0.273 e. The van der Waals surface area contributed by atoms with E-state index in [4.69, 9.17) is 5.11 Å². The first-order valence-corrected chi connectivity index (χ1v) is 6.47. The van der Waals surface area contributed by atoms with Crippen LogP contribution in [-0.4, -0.2) is 40.1 Å². The van der Waals surface area contributed by atoms with Gasteiger partial charge in [0.05, 0.1) is 12.2 Å². The van der Waals surface area contributed by atoms with Crippen molar-refractivity contribution in [3.8, 4) is 11.8 Å². The zero-order valence-electron chi connectivity index (χ0n) is 11.7. The van der Waals surface area contributed by atoms with Crippen LogP contribution >= 0.6 is 0 Å². The lowest BCUT2D eigenvalue weighted by atomic mass is 10.1. The second-order valence-corrected chi connectivity index (χ2v) is 4.36. The lowest BCUT2D eigenvalue weighted by Gasteiger charge is -2.25. The highest BCUT2D eigenvalue weighted by Crippen LogP contribution is 2.10. The zero-order valence-corrected chi connectivity index (χ0v) is 11.7. The van der Waals surface area contributed by atoms with E-state index in [1.807, 2.05) is 20.8 Å². The van der Waals surface area contributed by atoms with Gasteiger partial charge >= 0.3 is 0 Å².